The van der Waals surface area contributed by atoms with E-state index in [1.165, 1.54) is 11.5 Å². The van der Waals surface area contributed by atoms with Crippen molar-refractivity contribution in [2.45, 2.75) is 6.92 Å². The summed E-state index contributed by atoms with van der Waals surface area (Å²) >= 11 is 1.29. The minimum absolute atomic E-state index is 0.633. The number of nitrogens with zero attached hydrogens (tertiary/aromatic N) is 3. The smallest absolute Gasteiger partial charge is 0.101 e. The van der Waals surface area contributed by atoms with Crippen molar-refractivity contribution in [3.63, 3.8) is 0 Å². The fourth-order valence-electron chi connectivity index (χ4n) is 1.11. The molecule has 2 aromatic rings. The SMILES string of the molecule is Cc1nnsc1-c1[nH]ccc1C#N. The van der Waals surface area contributed by atoms with Crippen molar-refractivity contribution in [1.82, 2.24) is 14.6 Å². The predicted molar refractivity (Wildman–Crippen MR) is 49.1 cm³/mol. The van der Waals surface area contributed by atoms with Crippen molar-refractivity contribution < 1.29 is 0 Å². The first-order valence-corrected chi connectivity index (χ1v) is 4.47. The van der Waals surface area contributed by atoms with E-state index in [1.54, 1.807) is 12.3 Å². The number of rotatable bonds is 1. The highest BCUT2D eigenvalue weighted by molar-refractivity contribution is 7.09. The third-order valence-electron chi connectivity index (χ3n) is 1.75. The van der Waals surface area contributed by atoms with Gasteiger partial charge in [0.05, 0.1) is 21.8 Å². The van der Waals surface area contributed by atoms with Gasteiger partial charge in [-0.15, -0.1) is 5.10 Å². The van der Waals surface area contributed by atoms with E-state index in [9.17, 15) is 0 Å². The Hall–Kier alpha value is -1.67. The van der Waals surface area contributed by atoms with Gasteiger partial charge >= 0.3 is 0 Å². The van der Waals surface area contributed by atoms with Gasteiger partial charge in [0.1, 0.15) is 6.07 Å². The zero-order valence-electron chi connectivity index (χ0n) is 6.90. The van der Waals surface area contributed by atoms with Crippen LogP contribution in [0.2, 0.25) is 0 Å². The van der Waals surface area contributed by atoms with Crippen LogP contribution in [0, 0.1) is 18.3 Å². The number of hydrogen-bond acceptors (Lipinski definition) is 4. The highest BCUT2D eigenvalue weighted by atomic mass is 32.1. The minimum atomic E-state index is 0.633. The predicted octanol–water partition coefficient (Wildman–Crippen LogP) is 1.71. The Kier molecular flexibility index (Phi) is 1.83. The lowest BCUT2D eigenvalue weighted by molar-refractivity contribution is 1.09. The summed E-state index contributed by atoms with van der Waals surface area (Å²) in [6.07, 6.45) is 1.74. The third-order valence-corrected chi connectivity index (χ3v) is 2.59. The summed E-state index contributed by atoms with van der Waals surface area (Å²) in [4.78, 5) is 3.94. The summed E-state index contributed by atoms with van der Waals surface area (Å²) in [6.45, 7) is 1.88. The van der Waals surface area contributed by atoms with E-state index in [0.29, 0.717) is 5.56 Å². The molecule has 4 nitrogen and oxygen atoms in total. The highest BCUT2D eigenvalue weighted by Crippen LogP contribution is 2.26. The first-order valence-electron chi connectivity index (χ1n) is 3.69. The molecule has 13 heavy (non-hydrogen) atoms. The second kappa shape index (κ2) is 2.99. The summed E-state index contributed by atoms with van der Waals surface area (Å²) in [5.74, 6) is 0. The molecule has 1 N–H and O–H groups in total. The molecule has 0 amide bonds. The van der Waals surface area contributed by atoms with Gasteiger partial charge in [-0.1, -0.05) is 4.49 Å². The van der Waals surface area contributed by atoms with Crippen LogP contribution >= 0.6 is 11.5 Å². The molecule has 0 bridgehead atoms. The van der Waals surface area contributed by atoms with Crippen molar-refractivity contribution in [1.29, 1.82) is 5.26 Å². The molecule has 0 aliphatic rings. The highest BCUT2D eigenvalue weighted by Gasteiger charge is 2.11. The van der Waals surface area contributed by atoms with Crippen LogP contribution in [0.3, 0.4) is 0 Å². The molecule has 2 rings (SSSR count). The molecular weight excluding hydrogens is 184 g/mol. The van der Waals surface area contributed by atoms with Crippen LogP contribution in [0.25, 0.3) is 10.6 Å². The van der Waals surface area contributed by atoms with Crippen molar-refractivity contribution in [3.8, 4) is 16.6 Å². The van der Waals surface area contributed by atoms with E-state index >= 15 is 0 Å². The molecule has 64 valence electrons. The van der Waals surface area contributed by atoms with E-state index < -0.39 is 0 Å². The summed E-state index contributed by atoms with van der Waals surface area (Å²) in [5, 5.41) is 12.7. The normalized spacial score (nSPS) is 9.85. The summed E-state index contributed by atoms with van der Waals surface area (Å²) in [7, 11) is 0. The lowest BCUT2D eigenvalue weighted by Gasteiger charge is -1.92. The van der Waals surface area contributed by atoms with Crippen LogP contribution in [0.5, 0.6) is 0 Å². The van der Waals surface area contributed by atoms with Crippen molar-refractivity contribution in [3.05, 3.63) is 23.5 Å². The molecule has 0 saturated carbocycles. The summed E-state index contributed by atoms with van der Waals surface area (Å²) in [6, 6.07) is 3.86. The summed E-state index contributed by atoms with van der Waals surface area (Å²) < 4.78 is 3.82. The Bertz CT molecular complexity index is 462. The van der Waals surface area contributed by atoms with Gasteiger partial charge in [-0.25, -0.2) is 0 Å². The van der Waals surface area contributed by atoms with E-state index in [4.69, 9.17) is 5.26 Å². The van der Waals surface area contributed by atoms with E-state index in [1.807, 2.05) is 6.92 Å². The number of aromatic nitrogens is 3. The number of hydrogen-bond donors (Lipinski definition) is 1. The van der Waals surface area contributed by atoms with Crippen LogP contribution in [-0.4, -0.2) is 14.6 Å². The van der Waals surface area contributed by atoms with Gasteiger partial charge in [-0.3, -0.25) is 0 Å². The minimum Gasteiger partial charge on any atom is -0.359 e. The second-order valence-corrected chi connectivity index (χ2v) is 3.32. The van der Waals surface area contributed by atoms with Gasteiger partial charge < -0.3 is 4.98 Å². The fourth-order valence-corrected chi connectivity index (χ4v) is 1.79. The van der Waals surface area contributed by atoms with Gasteiger partial charge in [0.25, 0.3) is 0 Å². The largest absolute Gasteiger partial charge is 0.359 e. The molecule has 0 aliphatic heterocycles. The van der Waals surface area contributed by atoms with Gasteiger partial charge in [-0.05, 0) is 24.5 Å². The molecule has 0 atom stereocenters. The molecule has 0 spiro atoms. The zero-order valence-corrected chi connectivity index (χ0v) is 7.72. The molecule has 0 fully saturated rings. The van der Waals surface area contributed by atoms with Gasteiger partial charge in [0, 0.05) is 6.20 Å². The maximum absolute atomic E-state index is 8.79. The molecule has 0 aliphatic carbocycles. The molecule has 0 saturated heterocycles. The lowest BCUT2D eigenvalue weighted by atomic mass is 10.2. The zero-order chi connectivity index (χ0) is 9.26. The second-order valence-electron chi connectivity index (χ2n) is 2.57. The molecule has 2 heterocycles. The topological polar surface area (TPSA) is 65.4 Å². The standard InChI is InChI=1S/C8H6N4S/c1-5-8(13-12-11-5)7-6(4-9)2-3-10-7/h2-3,10H,1H3. The maximum Gasteiger partial charge on any atom is 0.101 e. The van der Waals surface area contributed by atoms with E-state index in [2.05, 4.69) is 20.6 Å². The van der Waals surface area contributed by atoms with Crippen LogP contribution in [0.1, 0.15) is 11.3 Å². The van der Waals surface area contributed by atoms with E-state index in [-0.39, 0.29) is 0 Å². The van der Waals surface area contributed by atoms with E-state index in [0.717, 1.165) is 16.3 Å². The first-order chi connectivity index (χ1) is 6.33. The number of aryl methyl sites for hydroxylation is 1. The monoisotopic (exact) mass is 190 g/mol. The van der Waals surface area contributed by atoms with Gasteiger partial charge in [0.2, 0.25) is 0 Å². The lowest BCUT2D eigenvalue weighted by Crippen LogP contribution is -1.80. The molecule has 2 aromatic heterocycles. The Morgan fingerprint density at radius 3 is 3.08 bits per heavy atom. The van der Waals surface area contributed by atoms with Gasteiger partial charge in [0.15, 0.2) is 0 Å². The first kappa shape index (κ1) is 7.95. The van der Waals surface area contributed by atoms with Crippen LogP contribution in [0.15, 0.2) is 12.3 Å². The van der Waals surface area contributed by atoms with Crippen LogP contribution in [-0.2, 0) is 0 Å². The Labute approximate surface area is 79.0 Å². The van der Waals surface area contributed by atoms with Crippen LogP contribution in [0.4, 0.5) is 0 Å². The number of aromatic amines is 1. The van der Waals surface area contributed by atoms with Crippen molar-refractivity contribution in [2.75, 3.05) is 0 Å². The quantitative estimate of drug-likeness (QED) is 0.744. The van der Waals surface area contributed by atoms with Gasteiger partial charge in [-0.2, -0.15) is 5.26 Å². The number of nitrogens with one attached hydrogen (secondary N) is 1. The summed E-state index contributed by atoms with van der Waals surface area (Å²) in [5.41, 5.74) is 2.30. The van der Waals surface area contributed by atoms with Crippen molar-refractivity contribution in [2.24, 2.45) is 0 Å². The Morgan fingerprint density at radius 2 is 2.46 bits per heavy atom. The molecule has 0 radical (unpaired) electrons. The molecule has 5 heteroatoms. The molecule has 0 unspecified atom stereocenters. The Morgan fingerprint density at radius 1 is 1.62 bits per heavy atom. The van der Waals surface area contributed by atoms with Crippen LogP contribution < -0.4 is 0 Å². The maximum atomic E-state index is 8.79. The Balaban J connectivity index is 2.60. The average Bonchev–Trinajstić information content (AvgIpc) is 2.71. The number of nitriles is 1. The number of H-pyrrole nitrogens is 1. The van der Waals surface area contributed by atoms with Crippen molar-refractivity contribution >= 4 is 11.5 Å². The molecule has 0 aromatic carbocycles. The third kappa shape index (κ3) is 1.21. The average molecular weight is 190 g/mol. The molecular formula is C8H6N4S. The fraction of sp³-hybridized carbons (Fsp3) is 0.125.